The van der Waals surface area contributed by atoms with Crippen LogP contribution in [0.5, 0.6) is 0 Å². The smallest absolute Gasteiger partial charge is 0.327 e. The molecule has 1 aliphatic carbocycles. The number of carbonyl (C=O) groups is 1. The number of rotatable bonds is 3. The molecule has 1 amide bonds. The second-order valence-electron chi connectivity index (χ2n) is 4.50. The lowest BCUT2D eigenvalue weighted by Gasteiger charge is -2.20. The first-order valence-electron chi connectivity index (χ1n) is 5.71. The molecule has 0 radical (unpaired) electrons. The number of nitrogens with zero attached hydrogens (tertiary/aromatic N) is 2. The fourth-order valence-electron chi connectivity index (χ4n) is 2.22. The van der Waals surface area contributed by atoms with Crippen molar-refractivity contribution >= 4 is 27.5 Å². The number of anilines is 2. The molecular formula is C11H13N3O3S. The Morgan fingerprint density at radius 1 is 1.28 bits per heavy atom. The number of nitrogens with two attached hydrogens (primary N) is 1. The minimum atomic E-state index is -3.65. The second kappa shape index (κ2) is 3.61. The third-order valence-corrected chi connectivity index (χ3v) is 4.97. The average Bonchev–Trinajstić information content (AvgIpc) is 3.08. The summed E-state index contributed by atoms with van der Waals surface area (Å²) in [6.07, 6.45) is 1.72. The molecule has 96 valence electrons. The molecule has 3 rings (SSSR count). The van der Waals surface area contributed by atoms with Crippen LogP contribution in [0.2, 0.25) is 0 Å². The van der Waals surface area contributed by atoms with Crippen molar-refractivity contribution in [2.24, 2.45) is 5.73 Å². The summed E-state index contributed by atoms with van der Waals surface area (Å²) in [5.74, 6) is -0.661. The van der Waals surface area contributed by atoms with Crippen molar-refractivity contribution in [1.29, 1.82) is 0 Å². The summed E-state index contributed by atoms with van der Waals surface area (Å²) in [5, 5.41) is 0. The Balaban J connectivity index is 2.13. The first kappa shape index (κ1) is 11.3. The van der Waals surface area contributed by atoms with Gasteiger partial charge in [0.05, 0.1) is 11.4 Å². The minimum Gasteiger partial charge on any atom is -0.368 e. The van der Waals surface area contributed by atoms with Gasteiger partial charge in [-0.1, -0.05) is 12.1 Å². The average molecular weight is 267 g/mol. The third-order valence-electron chi connectivity index (χ3n) is 3.09. The zero-order valence-electron chi connectivity index (χ0n) is 9.61. The standard InChI is InChI=1S/C11H13N3O3S/c12-11(15)7-13-9-3-1-2-4-10(9)14(8-5-6-8)18(13,16)17/h1-4,8H,5-7H2,(H2,12,15). The first-order valence-corrected chi connectivity index (χ1v) is 7.11. The Kier molecular flexibility index (Phi) is 2.28. The molecule has 1 aromatic carbocycles. The van der Waals surface area contributed by atoms with Crippen molar-refractivity contribution in [3.05, 3.63) is 24.3 Å². The summed E-state index contributed by atoms with van der Waals surface area (Å²) < 4.78 is 27.3. The highest BCUT2D eigenvalue weighted by Gasteiger charge is 2.47. The van der Waals surface area contributed by atoms with Crippen LogP contribution < -0.4 is 14.3 Å². The van der Waals surface area contributed by atoms with Crippen molar-refractivity contribution in [3.63, 3.8) is 0 Å². The fraction of sp³-hybridized carbons (Fsp3) is 0.364. The normalized spacial score (nSPS) is 20.9. The van der Waals surface area contributed by atoms with E-state index in [1.54, 1.807) is 24.3 Å². The molecule has 18 heavy (non-hydrogen) atoms. The number of hydrogen-bond donors (Lipinski definition) is 1. The van der Waals surface area contributed by atoms with Gasteiger partial charge in [0.2, 0.25) is 5.91 Å². The van der Waals surface area contributed by atoms with Gasteiger partial charge in [-0.3, -0.25) is 4.79 Å². The molecule has 1 aromatic rings. The van der Waals surface area contributed by atoms with Gasteiger partial charge in [-0.05, 0) is 25.0 Å². The SMILES string of the molecule is NC(=O)CN1c2ccccc2N(C2CC2)S1(=O)=O. The number of para-hydroxylation sites is 2. The van der Waals surface area contributed by atoms with Crippen molar-refractivity contribution in [3.8, 4) is 0 Å². The Morgan fingerprint density at radius 2 is 1.89 bits per heavy atom. The zero-order valence-corrected chi connectivity index (χ0v) is 10.4. The molecule has 2 aliphatic rings. The summed E-state index contributed by atoms with van der Waals surface area (Å²) >= 11 is 0. The van der Waals surface area contributed by atoms with Crippen LogP contribution in [0.25, 0.3) is 0 Å². The van der Waals surface area contributed by atoms with Crippen LogP contribution in [0.4, 0.5) is 11.4 Å². The van der Waals surface area contributed by atoms with Crippen molar-refractivity contribution < 1.29 is 13.2 Å². The van der Waals surface area contributed by atoms with E-state index in [9.17, 15) is 13.2 Å². The maximum absolute atomic E-state index is 12.4. The maximum Gasteiger partial charge on any atom is 0.327 e. The molecule has 6 nitrogen and oxygen atoms in total. The Morgan fingerprint density at radius 3 is 2.44 bits per heavy atom. The van der Waals surface area contributed by atoms with Gasteiger partial charge in [0.1, 0.15) is 6.54 Å². The number of carbonyl (C=O) groups excluding carboxylic acids is 1. The fourth-order valence-corrected chi connectivity index (χ4v) is 4.11. The van der Waals surface area contributed by atoms with Gasteiger partial charge in [0.15, 0.2) is 0 Å². The van der Waals surface area contributed by atoms with E-state index < -0.39 is 16.1 Å². The monoisotopic (exact) mass is 267 g/mol. The topological polar surface area (TPSA) is 83.7 Å². The Bertz CT molecular complexity index is 610. The molecule has 1 aliphatic heterocycles. The van der Waals surface area contributed by atoms with E-state index in [1.165, 1.54) is 4.31 Å². The van der Waals surface area contributed by atoms with E-state index in [0.29, 0.717) is 11.4 Å². The highest BCUT2D eigenvalue weighted by molar-refractivity contribution is 7.94. The van der Waals surface area contributed by atoms with E-state index >= 15 is 0 Å². The van der Waals surface area contributed by atoms with Crippen LogP contribution in [0, 0.1) is 0 Å². The first-order chi connectivity index (χ1) is 8.51. The van der Waals surface area contributed by atoms with Gasteiger partial charge < -0.3 is 5.73 Å². The van der Waals surface area contributed by atoms with Gasteiger partial charge in [-0.2, -0.15) is 8.42 Å². The van der Waals surface area contributed by atoms with E-state index in [2.05, 4.69) is 0 Å². The summed E-state index contributed by atoms with van der Waals surface area (Å²) in [5.41, 5.74) is 6.29. The van der Waals surface area contributed by atoms with Crippen molar-refractivity contribution in [2.45, 2.75) is 18.9 Å². The zero-order chi connectivity index (χ0) is 12.9. The number of benzene rings is 1. The van der Waals surface area contributed by atoms with Gasteiger partial charge in [-0.15, -0.1) is 0 Å². The Hall–Kier alpha value is -1.76. The largest absolute Gasteiger partial charge is 0.368 e. The molecule has 0 aromatic heterocycles. The van der Waals surface area contributed by atoms with E-state index in [-0.39, 0.29) is 12.6 Å². The molecule has 1 heterocycles. The van der Waals surface area contributed by atoms with Gasteiger partial charge in [0.25, 0.3) is 0 Å². The predicted molar refractivity (Wildman–Crippen MR) is 67.4 cm³/mol. The minimum absolute atomic E-state index is 0.0222. The van der Waals surface area contributed by atoms with Gasteiger partial charge >= 0.3 is 10.2 Å². The molecule has 0 unspecified atom stereocenters. The number of amides is 1. The highest BCUT2D eigenvalue weighted by atomic mass is 32.2. The molecule has 1 saturated carbocycles. The number of fused-ring (bicyclic) bond motifs is 1. The second-order valence-corrected chi connectivity index (χ2v) is 6.23. The maximum atomic E-state index is 12.4. The molecule has 2 N–H and O–H groups in total. The Labute approximate surface area is 105 Å². The van der Waals surface area contributed by atoms with Gasteiger partial charge in [0, 0.05) is 6.04 Å². The highest BCUT2D eigenvalue weighted by Crippen LogP contribution is 2.46. The quantitative estimate of drug-likeness (QED) is 0.849. The molecule has 0 atom stereocenters. The molecule has 7 heteroatoms. The van der Waals surface area contributed by atoms with E-state index in [1.807, 2.05) is 0 Å². The van der Waals surface area contributed by atoms with Crippen LogP contribution in [0.3, 0.4) is 0 Å². The molecule has 0 saturated heterocycles. The lowest BCUT2D eigenvalue weighted by molar-refractivity contribution is -0.116. The molecular weight excluding hydrogens is 254 g/mol. The lowest BCUT2D eigenvalue weighted by Crippen LogP contribution is -2.43. The van der Waals surface area contributed by atoms with E-state index in [4.69, 9.17) is 5.73 Å². The summed E-state index contributed by atoms with van der Waals surface area (Å²) in [4.78, 5) is 11.0. The number of hydrogen-bond acceptors (Lipinski definition) is 3. The number of primary amides is 1. The van der Waals surface area contributed by atoms with Crippen LogP contribution in [-0.2, 0) is 15.0 Å². The summed E-state index contributed by atoms with van der Waals surface area (Å²) in [6.45, 7) is -0.317. The van der Waals surface area contributed by atoms with Crippen LogP contribution in [-0.4, -0.2) is 26.9 Å². The third kappa shape index (κ3) is 1.54. The lowest BCUT2D eigenvalue weighted by atomic mass is 10.2. The predicted octanol–water partition coefficient (Wildman–Crippen LogP) is 0.205. The van der Waals surface area contributed by atoms with E-state index in [0.717, 1.165) is 17.1 Å². The van der Waals surface area contributed by atoms with Gasteiger partial charge in [-0.25, -0.2) is 8.61 Å². The molecule has 0 spiro atoms. The summed E-state index contributed by atoms with van der Waals surface area (Å²) in [6, 6.07) is 7.01. The van der Waals surface area contributed by atoms with Crippen molar-refractivity contribution in [1.82, 2.24) is 0 Å². The van der Waals surface area contributed by atoms with Crippen LogP contribution in [0.15, 0.2) is 24.3 Å². The molecule has 0 bridgehead atoms. The summed E-state index contributed by atoms with van der Waals surface area (Å²) in [7, 11) is -3.65. The van der Waals surface area contributed by atoms with Crippen molar-refractivity contribution in [2.75, 3.05) is 15.2 Å². The molecule has 1 fully saturated rings. The van der Waals surface area contributed by atoms with Crippen LogP contribution in [0.1, 0.15) is 12.8 Å². The van der Waals surface area contributed by atoms with Crippen LogP contribution >= 0.6 is 0 Å².